The average molecular weight is 276 g/mol. The molecule has 1 fully saturated rings. The van der Waals surface area contributed by atoms with Crippen molar-refractivity contribution >= 4 is 29.2 Å². The van der Waals surface area contributed by atoms with Gasteiger partial charge in [-0.15, -0.1) is 0 Å². The number of anilines is 2. The van der Waals surface area contributed by atoms with Gasteiger partial charge in [0.15, 0.2) is 0 Å². The summed E-state index contributed by atoms with van der Waals surface area (Å²) in [5.41, 5.74) is 7.65. The second-order valence-corrected chi connectivity index (χ2v) is 4.74. The van der Waals surface area contributed by atoms with Crippen molar-refractivity contribution in [1.29, 1.82) is 0 Å². The average Bonchev–Trinajstić information content (AvgIpc) is 2.60. The highest BCUT2D eigenvalue weighted by molar-refractivity contribution is 6.06. The van der Waals surface area contributed by atoms with E-state index in [9.17, 15) is 14.4 Å². The van der Waals surface area contributed by atoms with Gasteiger partial charge in [-0.3, -0.25) is 14.5 Å². The lowest BCUT2D eigenvalue weighted by Gasteiger charge is -2.14. The van der Waals surface area contributed by atoms with E-state index in [1.807, 2.05) is 6.92 Å². The smallest absolute Gasteiger partial charge is 0.327 e. The molecule has 106 valence electrons. The van der Waals surface area contributed by atoms with Crippen molar-refractivity contribution in [2.45, 2.75) is 6.92 Å². The molecule has 1 aromatic carbocycles. The van der Waals surface area contributed by atoms with Crippen molar-refractivity contribution in [3.63, 3.8) is 0 Å². The van der Waals surface area contributed by atoms with Crippen LogP contribution in [0, 0.1) is 6.92 Å². The summed E-state index contributed by atoms with van der Waals surface area (Å²) >= 11 is 0. The number of nitrogen functional groups attached to an aromatic ring is 1. The van der Waals surface area contributed by atoms with Gasteiger partial charge in [-0.25, -0.2) is 4.79 Å². The van der Waals surface area contributed by atoms with E-state index in [1.165, 1.54) is 11.9 Å². The van der Waals surface area contributed by atoms with Crippen LogP contribution in [-0.4, -0.2) is 47.8 Å². The first-order valence-electron chi connectivity index (χ1n) is 6.10. The Kier molecular flexibility index (Phi) is 3.60. The molecule has 0 aliphatic carbocycles. The molecule has 0 saturated carbocycles. The normalized spacial score (nSPS) is 14.9. The number of likely N-dealkylation sites (N-methyl/N-ethyl adjacent to an activating group) is 1. The molecule has 1 aromatic rings. The molecule has 0 atom stereocenters. The summed E-state index contributed by atoms with van der Waals surface area (Å²) in [6.45, 7) is 1.53. The molecule has 7 heteroatoms. The number of hydrogen-bond acceptors (Lipinski definition) is 4. The molecule has 0 unspecified atom stereocenters. The zero-order valence-electron chi connectivity index (χ0n) is 11.3. The van der Waals surface area contributed by atoms with Gasteiger partial charge >= 0.3 is 6.03 Å². The highest BCUT2D eigenvalue weighted by atomic mass is 16.2. The fourth-order valence-corrected chi connectivity index (χ4v) is 1.98. The Morgan fingerprint density at radius 1 is 1.40 bits per heavy atom. The number of nitrogens with zero attached hydrogens (tertiary/aromatic N) is 2. The van der Waals surface area contributed by atoms with E-state index >= 15 is 0 Å². The molecule has 20 heavy (non-hydrogen) atoms. The van der Waals surface area contributed by atoms with E-state index in [1.54, 1.807) is 18.2 Å². The number of aryl methyl sites for hydroxylation is 1. The number of carbonyl (C=O) groups excluding carboxylic acids is 3. The summed E-state index contributed by atoms with van der Waals surface area (Å²) in [5.74, 6) is -0.795. The third-order valence-corrected chi connectivity index (χ3v) is 3.06. The Balaban J connectivity index is 2.03. The van der Waals surface area contributed by atoms with Crippen LogP contribution in [0.2, 0.25) is 0 Å². The molecule has 1 aliphatic heterocycles. The number of amides is 4. The van der Waals surface area contributed by atoms with Crippen molar-refractivity contribution in [2.75, 3.05) is 31.2 Å². The lowest BCUT2D eigenvalue weighted by atomic mass is 10.2. The maximum atomic E-state index is 11.9. The van der Waals surface area contributed by atoms with Gasteiger partial charge in [0.05, 0.1) is 0 Å². The topological polar surface area (TPSA) is 95.7 Å². The van der Waals surface area contributed by atoms with Crippen molar-refractivity contribution in [3.8, 4) is 0 Å². The monoisotopic (exact) mass is 276 g/mol. The van der Waals surface area contributed by atoms with E-state index in [2.05, 4.69) is 5.32 Å². The second-order valence-electron chi connectivity index (χ2n) is 4.74. The van der Waals surface area contributed by atoms with Crippen molar-refractivity contribution < 1.29 is 14.4 Å². The van der Waals surface area contributed by atoms with Crippen molar-refractivity contribution in [3.05, 3.63) is 23.8 Å². The lowest BCUT2D eigenvalue weighted by Crippen LogP contribution is -2.38. The SMILES string of the molecule is Cc1cc(N)ccc1NC(=O)CN1C(=O)CN(C)C1=O. The Morgan fingerprint density at radius 3 is 2.65 bits per heavy atom. The van der Waals surface area contributed by atoms with Crippen molar-refractivity contribution in [1.82, 2.24) is 9.80 Å². The van der Waals surface area contributed by atoms with E-state index < -0.39 is 11.9 Å². The van der Waals surface area contributed by atoms with Crippen LogP contribution in [0.1, 0.15) is 5.56 Å². The third-order valence-electron chi connectivity index (χ3n) is 3.06. The molecule has 0 aromatic heterocycles. The molecule has 2 rings (SSSR count). The highest BCUT2D eigenvalue weighted by Gasteiger charge is 2.34. The van der Waals surface area contributed by atoms with Gasteiger partial charge in [0.2, 0.25) is 5.91 Å². The Morgan fingerprint density at radius 2 is 2.10 bits per heavy atom. The number of benzene rings is 1. The van der Waals surface area contributed by atoms with Crippen LogP contribution in [0.5, 0.6) is 0 Å². The predicted octanol–water partition coefficient (Wildman–Crippen LogP) is 0.410. The molecule has 1 heterocycles. The van der Waals surface area contributed by atoms with Crippen LogP contribution in [0.25, 0.3) is 0 Å². The first kappa shape index (κ1) is 13.9. The number of carbonyl (C=O) groups is 3. The molecule has 3 N–H and O–H groups in total. The summed E-state index contributed by atoms with van der Waals surface area (Å²) < 4.78 is 0. The van der Waals surface area contributed by atoms with Gasteiger partial charge in [0.1, 0.15) is 13.1 Å². The first-order chi connectivity index (χ1) is 9.38. The molecule has 0 spiro atoms. The van der Waals surface area contributed by atoms with Crippen LogP contribution in [0.4, 0.5) is 16.2 Å². The largest absolute Gasteiger partial charge is 0.399 e. The second kappa shape index (κ2) is 5.20. The lowest BCUT2D eigenvalue weighted by molar-refractivity contribution is -0.129. The minimum Gasteiger partial charge on any atom is -0.399 e. The summed E-state index contributed by atoms with van der Waals surface area (Å²) in [6.07, 6.45) is 0. The predicted molar refractivity (Wildman–Crippen MR) is 74.0 cm³/mol. The van der Waals surface area contributed by atoms with Crippen LogP contribution >= 0.6 is 0 Å². The number of imide groups is 1. The summed E-state index contributed by atoms with van der Waals surface area (Å²) in [7, 11) is 1.52. The molecular weight excluding hydrogens is 260 g/mol. The van der Waals surface area contributed by atoms with Gasteiger partial charge in [0, 0.05) is 18.4 Å². The summed E-state index contributed by atoms with van der Waals surface area (Å²) in [4.78, 5) is 37.3. The van der Waals surface area contributed by atoms with E-state index in [0.717, 1.165) is 10.5 Å². The van der Waals surface area contributed by atoms with E-state index in [-0.39, 0.29) is 19.0 Å². The molecule has 0 bridgehead atoms. The number of nitrogens with two attached hydrogens (primary N) is 1. The van der Waals surface area contributed by atoms with Crippen LogP contribution in [0.3, 0.4) is 0 Å². The maximum Gasteiger partial charge on any atom is 0.327 e. The maximum absolute atomic E-state index is 11.9. The van der Waals surface area contributed by atoms with Crippen molar-refractivity contribution in [2.24, 2.45) is 0 Å². The molecule has 4 amide bonds. The van der Waals surface area contributed by atoms with E-state index in [0.29, 0.717) is 11.4 Å². The van der Waals surface area contributed by atoms with Gasteiger partial charge < -0.3 is 16.0 Å². The zero-order valence-corrected chi connectivity index (χ0v) is 11.3. The standard InChI is InChI=1S/C13H16N4O3/c1-8-5-9(14)3-4-10(8)15-11(18)6-17-12(19)7-16(2)13(17)20/h3-5H,6-7,14H2,1-2H3,(H,15,18). The third kappa shape index (κ3) is 2.71. The molecule has 0 radical (unpaired) electrons. The number of urea groups is 1. The molecule has 7 nitrogen and oxygen atoms in total. The van der Waals surface area contributed by atoms with E-state index in [4.69, 9.17) is 5.73 Å². The van der Waals surface area contributed by atoms with Gasteiger partial charge in [0.25, 0.3) is 5.91 Å². The number of hydrogen-bond donors (Lipinski definition) is 2. The minimum atomic E-state index is -0.459. The summed E-state index contributed by atoms with van der Waals surface area (Å²) in [5, 5.41) is 2.66. The van der Waals surface area contributed by atoms with Crippen LogP contribution in [-0.2, 0) is 9.59 Å². The van der Waals surface area contributed by atoms with Crippen LogP contribution < -0.4 is 11.1 Å². The summed E-state index contributed by atoms with van der Waals surface area (Å²) in [6, 6.07) is 4.62. The van der Waals surface area contributed by atoms with Crippen LogP contribution in [0.15, 0.2) is 18.2 Å². The van der Waals surface area contributed by atoms with Gasteiger partial charge in [-0.2, -0.15) is 0 Å². The number of nitrogens with one attached hydrogen (secondary N) is 1. The first-order valence-corrected chi connectivity index (χ1v) is 6.10. The minimum absolute atomic E-state index is 0.00696. The molecule has 1 aliphatic rings. The fourth-order valence-electron chi connectivity index (χ4n) is 1.98. The van der Waals surface area contributed by atoms with Gasteiger partial charge in [-0.1, -0.05) is 0 Å². The quantitative estimate of drug-likeness (QED) is 0.617. The molecule has 1 saturated heterocycles. The Labute approximate surface area is 116 Å². The Bertz CT molecular complexity index is 585. The molecular formula is C13H16N4O3. The fraction of sp³-hybridized carbons (Fsp3) is 0.308. The van der Waals surface area contributed by atoms with Gasteiger partial charge in [-0.05, 0) is 30.7 Å². The highest BCUT2D eigenvalue weighted by Crippen LogP contribution is 2.17. The zero-order chi connectivity index (χ0) is 14.9. The number of rotatable bonds is 3. The Hall–Kier alpha value is -2.57.